The molecule has 0 radical (unpaired) electrons. The van der Waals surface area contributed by atoms with Gasteiger partial charge in [0.15, 0.2) is 6.61 Å². The number of nitrogens with zero attached hydrogens (tertiary/aromatic N) is 1. The van der Waals surface area contributed by atoms with Crippen LogP contribution in [0.15, 0.2) is 54.6 Å². The van der Waals surface area contributed by atoms with E-state index < -0.39 is 23.4 Å². The van der Waals surface area contributed by atoms with Crippen LogP contribution < -0.4 is 4.74 Å². The molecule has 3 nitrogen and oxygen atoms in total. The maximum Gasteiger partial charge on any atom is 0.455 e. The molecule has 0 aliphatic heterocycles. The Morgan fingerprint density at radius 3 is 2.38 bits per heavy atom. The average molecular weight is 355 g/mol. The topological polar surface area (TPSA) is 39.2 Å². The minimum atomic E-state index is -5.08. The third-order valence-corrected chi connectivity index (χ3v) is 3.70. The quantitative estimate of drug-likeness (QED) is 0.505. The first kappa shape index (κ1) is 17.5. The molecule has 2 aromatic carbocycles. The van der Waals surface area contributed by atoms with Gasteiger partial charge in [-0.25, -0.2) is 4.98 Å². The van der Waals surface area contributed by atoms with E-state index in [1.54, 1.807) is 54.6 Å². The van der Waals surface area contributed by atoms with Gasteiger partial charge in [-0.15, -0.1) is 6.42 Å². The number of alkyl halides is 3. The van der Waals surface area contributed by atoms with Gasteiger partial charge in [0.05, 0.1) is 11.1 Å². The second-order valence-electron chi connectivity index (χ2n) is 5.37. The van der Waals surface area contributed by atoms with E-state index in [1.165, 1.54) is 0 Å². The summed E-state index contributed by atoms with van der Waals surface area (Å²) in [5.41, 5.74) is 0.324. The highest BCUT2D eigenvalue weighted by Crippen LogP contribution is 2.39. The van der Waals surface area contributed by atoms with Gasteiger partial charge in [0.1, 0.15) is 0 Å². The van der Waals surface area contributed by atoms with E-state index in [9.17, 15) is 18.0 Å². The highest BCUT2D eigenvalue weighted by molar-refractivity contribution is 6.13. The molecule has 1 heterocycles. The number of halogens is 3. The number of carbonyl (C=O) groups excluding carboxylic acids is 1. The number of ketones is 1. The smallest absolute Gasteiger partial charge is 0.455 e. The van der Waals surface area contributed by atoms with Crippen molar-refractivity contribution in [3.05, 3.63) is 60.2 Å². The Morgan fingerprint density at radius 1 is 1.08 bits per heavy atom. The van der Waals surface area contributed by atoms with Gasteiger partial charge in [-0.05, 0) is 11.6 Å². The minimum absolute atomic E-state index is 0.116. The summed E-state index contributed by atoms with van der Waals surface area (Å²) in [6.07, 6.45) is 0.0588. The number of pyridine rings is 1. The van der Waals surface area contributed by atoms with E-state index in [0.717, 1.165) is 0 Å². The van der Waals surface area contributed by atoms with Gasteiger partial charge in [0.2, 0.25) is 5.88 Å². The fourth-order valence-corrected chi connectivity index (χ4v) is 2.66. The predicted octanol–water partition coefficient (Wildman–Crippen LogP) is 4.66. The first-order valence-corrected chi connectivity index (χ1v) is 7.59. The van der Waals surface area contributed by atoms with Gasteiger partial charge in [0, 0.05) is 10.9 Å². The lowest BCUT2D eigenvalue weighted by atomic mass is 9.93. The van der Waals surface area contributed by atoms with Crippen LogP contribution in [0.3, 0.4) is 0 Å². The molecule has 0 atom stereocenters. The number of aromatic nitrogens is 1. The summed E-state index contributed by atoms with van der Waals surface area (Å²) in [5.74, 6) is -0.281. The first-order valence-electron chi connectivity index (χ1n) is 7.59. The maximum absolute atomic E-state index is 13.3. The molecule has 0 amide bonds. The zero-order valence-corrected chi connectivity index (χ0v) is 13.4. The summed E-state index contributed by atoms with van der Waals surface area (Å²) < 4.78 is 45.0. The van der Waals surface area contributed by atoms with Crippen LogP contribution in [-0.4, -0.2) is 23.6 Å². The molecule has 0 saturated heterocycles. The molecule has 3 aromatic rings. The Bertz CT molecular complexity index is 1010. The highest BCUT2D eigenvalue weighted by atomic mass is 19.4. The van der Waals surface area contributed by atoms with Crippen LogP contribution in [-0.2, 0) is 0 Å². The number of ether oxygens (including phenoxy) is 1. The average Bonchev–Trinajstić information content (AvgIpc) is 2.64. The molecule has 0 bridgehead atoms. The van der Waals surface area contributed by atoms with Gasteiger partial charge in [0.25, 0.3) is 5.78 Å². The molecular weight excluding hydrogens is 343 g/mol. The lowest BCUT2D eigenvalue weighted by Crippen LogP contribution is -2.25. The number of hydrogen-bond donors (Lipinski definition) is 0. The van der Waals surface area contributed by atoms with E-state index >= 15 is 0 Å². The Labute approximate surface area is 147 Å². The van der Waals surface area contributed by atoms with Crippen molar-refractivity contribution in [3.63, 3.8) is 0 Å². The lowest BCUT2D eigenvalue weighted by molar-refractivity contribution is -0.0886. The number of fused-ring (bicyclic) bond motifs is 1. The number of benzene rings is 2. The maximum atomic E-state index is 13.3. The third kappa shape index (κ3) is 3.24. The van der Waals surface area contributed by atoms with Gasteiger partial charge in [-0.3, -0.25) is 4.79 Å². The van der Waals surface area contributed by atoms with Crippen LogP contribution >= 0.6 is 0 Å². The standard InChI is InChI=1S/C20H12F3NO2/c1-2-12-26-19-17(18(25)20(21,22)23)16(13-8-4-3-5-9-13)14-10-6-7-11-15(14)24-19/h1,3-11H,12H2. The number of Topliss-reactive ketones (excluding diaryl/α,β-unsaturated/α-hetero) is 1. The fourth-order valence-electron chi connectivity index (χ4n) is 2.66. The molecule has 3 rings (SSSR count). The molecule has 0 spiro atoms. The van der Waals surface area contributed by atoms with E-state index in [2.05, 4.69) is 10.9 Å². The van der Waals surface area contributed by atoms with E-state index in [4.69, 9.17) is 11.2 Å². The van der Waals surface area contributed by atoms with Crippen molar-refractivity contribution in [1.82, 2.24) is 4.98 Å². The summed E-state index contributed by atoms with van der Waals surface area (Å²) in [6.45, 7) is -0.308. The summed E-state index contributed by atoms with van der Waals surface area (Å²) in [5, 5.41) is 0.416. The van der Waals surface area contributed by atoms with Crippen molar-refractivity contribution in [2.45, 2.75) is 6.18 Å². The molecule has 0 saturated carbocycles. The van der Waals surface area contributed by atoms with Crippen LogP contribution in [0.2, 0.25) is 0 Å². The number of rotatable bonds is 4. The van der Waals surface area contributed by atoms with Crippen LogP contribution in [0.25, 0.3) is 22.0 Å². The molecular formula is C20H12F3NO2. The monoisotopic (exact) mass is 355 g/mol. The third-order valence-electron chi connectivity index (χ3n) is 3.70. The second-order valence-corrected chi connectivity index (χ2v) is 5.37. The largest absolute Gasteiger partial charge is 0.464 e. The van der Waals surface area contributed by atoms with Crippen molar-refractivity contribution < 1.29 is 22.7 Å². The summed E-state index contributed by atoms with van der Waals surface area (Å²) in [7, 11) is 0. The molecule has 0 N–H and O–H groups in total. The van der Waals surface area contributed by atoms with Crippen molar-refractivity contribution in [2.24, 2.45) is 0 Å². The predicted molar refractivity (Wildman–Crippen MR) is 91.9 cm³/mol. The van der Waals surface area contributed by atoms with Crippen molar-refractivity contribution >= 4 is 16.7 Å². The summed E-state index contributed by atoms with van der Waals surface area (Å²) in [6, 6.07) is 14.9. The van der Waals surface area contributed by atoms with Gasteiger partial charge in [-0.1, -0.05) is 54.5 Å². The summed E-state index contributed by atoms with van der Waals surface area (Å²) in [4.78, 5) is 16.3. The van der Waals surface area contributed by atoms with Gasteiger partial charge >= 0.3 is 6.18 Å². The number of para-hydroxylation sites is 1. The van der Waals surface area contributed by atoms with Gasteiger partial charge < -0.3 is 4.74 Å². The van der Waals surface area contributed by atoms with Crippen LogP contribution in [0.5, 0.6) is 5.88 Å². The molecule has 0 aliphatic rings. The van der Waals surface area contributed by atoms with E-state index in [-0.39, 0.29) is 12.2 Å². The molecule has 0 aliphatic carbocycles. The Morgan fingerprint density at radius 2 is 1.73 bits per heavy atom. The zero-order chi connectivity index (χ0) is 18.7. The molecule has 0 fully saturated rings. The van der Waals surface area contributed by atoms with Crippen molar-refractivity contribution in [2.75, 3.05) is 6.61 Å². The minimum Gasteiger partial charge on any atom is -0.464 e. The normalized spacial score (nSPS) is 11.2. The molecule has 26 heavy (non-hydrogen) atoms. The van der Waals surface area contributed by atoms with Crippen molar-refractivity contribution in [3.8, 4) is 29.4 Å². The Balaban J connectivity index is 2.42. The van der Waals surface area contributed by atoms with Crippen LogP contribution in [0.4, 0.5) is 13.2 Å². The fraction of sp³-hybridized carbons (Fsp3) is 0.100. The highest BCUT2D eigenvalue weighted by Gasteiger charge is 2.43. The van der Waals surface area contributed by atoms with Gasteiger partial charge in [-0.2, -0.15) is 13.2 Å². The first-order chi connectivity index (χ1) is 12.4. The van der Waals surface area contributed by atoms with Crippen LogP contribution in [0.1, 0.15) is 10.4 Å². The number of hydrogen-bond acceptors (Lipinski definition) is 3. The second kappa shape index (κ2) is 6.89. The molecule has 0 unspecified atom stereocenters. The summed E-state index contributed by atoms with van der Waals surface area (Å²) >= 11 is 0. The molecule has 6 heteroatoms. The van der Waals surface area contributed by atoms with Crippen LogP contribution in [0, 0.1) is 12.3 Å². The SMILES string of the molecule is C#CCOc1nc2ccccc2c(-c2ccccc2)c1C(=O)C(F)(F)F. The Kier molecular flexibility index (Phi) is 4.63. The van der Waals surface area contributed by atoms with E-state index in [0.29, 0.717) is 16.5 Å². The lowest BCUT2D eigenvalue weighted by Gasteiger charge is -2.17. The number of terminal acetylenes is 1. The zero-order valence-electron chi connectivity index (χ0n) is 13.4. The van der Waals surface area contributed by atoms with Crippen molar-refractivity contribution in [1.29, 1.82) is 0 Å². The number of carbonyl (C=O) groups is 1. The molecule has 130 valence electrons. The Hall–Kier alpha value is -3.33. The molecule has 1 aromatic heterocycles. The van der Waals surface area contributed by atoms with E-state index in [1.807, 2.05) is 0 Å².